The highest BCUT2D eigenvalue weighted by Crippen LogP contribution is 2.41. The Hall–Kier alpha value is -1.38. The second-order valence-electron chi connectivity index (χ2n) is 7.35. The molecule has 1 aliphatic heterocycles. The van der Waals surface area contributed by atoms with E-state index in [9.17, 15) is 22.4 Å². The number of carbonyl (C=O) groups excluding carboxylic acids is 1. The van der Waals surface area contributed by atoms with E-state index in [1.807, 2.05) is 0 Å². The predicted molar refractivity (Wildman–Crippen MR) is 101 cm³/mol. The van der Waals surface area contributed by atoms with Crippen molar-refractivity contribution in [2.75, 3.05) is 32.7 Å². The summed E-state index contributed by atoms with van der Waals surface area (Å²) in [4.78, 5) is 14.3. The second kappa shape index (κ2) is 9.41. The van der Waals surface area contributed by atoms with Gasteiger partial charge in [-0.25, -0.2) is 4.39 Å². The molecular weight excluding hydrogens is 398 g/mol. The molecule has 1 amide bonds. The van der Waals surface area contributed by atoms with Crippen LogP contribution in [0.1, 0.15) is 31.2 Å². The van der Waals surface area contributed by atoms with Gasteiger partial charge in [0.05, 0.1) is 5.41 Å². The number of carbonyl (C=O) groups is 1. The molecule has 2 aliphatic rings. The summed E-state index contributed by atoms with van der Waals surface area (Å²) in [6.07, 6.45) is -1.79. The van der Waals surface area contributed by atoms with E-state index >= 15 is 0 Å². The smallest absolute Gasteiger partial charge is 0.353 e. The monoisotopic (exact) mass is 423 g/mol. The van der Waals surface area contributed by atoms with Crippen molar-refractivity contribution in [1.82, 2.24) is 15.5 Å². The van der Waals surface area contributed by atoms with Crippen molar-refractivity contribution >= 4 is 18.3 Å². The van der Waals surface area contributed by atoms with E-state index in [0.29, 0.717) is 31.5 Å². The molecule has 1 aromatic carbocycles. The van der Waals surface area contributed by atoms with Crippen LogP contribution in [-0.2, 0) is 10.2 Å². The summed E-state index contributed by atoms with van der Waals surface area (Å²) in [5.74, 6) is -0.879. The Labute approximate surface area is 168 Å². The zero-order chi connectivity index (χ0) is 19.5. The number of alkyl halides is 3. The standard InChI is InChI=1S/C19H25F4N3O.ClH/c20-15-5-3-4-14(12-15)18(6-1-2-7-18)17(27)25-13-16(19(21,22)23)26-10-8-24-9-11-26;/h3-5,12,16,24H,1-2,6-11,13H2,(H,25,27);1H. The van der Waals surface area contributed by atoms with Crippen LogP contribution < -0.4 is 10.6 Å². The molecule has 1 atom stereocenters. The lowest BCUT2D eigenvalue weighted by Gasteiger charge is -2.37. The Morgan fingerprint density at radius 2 is 1.86 bits per heavy atom. The lowest BCUT2D eigenvalue weighted by molar-refractivity contribution is -0.184. The van der Waals surface area contributed by atoms with Crippen molar-refractivity contribution in [2.24, 2.45) is 0 Å². The van der Waals surface area contributed by atoms with Gasteiger partial charge in [-0.2, -0.15) is 13.2 Å². The maximum absolute atomic E-state index is 13.7. The summed E-state index contributed by atoms with van der Waals surface area (Å²) in [6.45, 7) is 1.07. The number of nitrogens with zero attached hydrogens (tertiary/aromatic N) is 1. The molecule has 1 heterocycles. The third-order valence-electron chi connectivity index (χ3n) is 5.70. The molecule has 0 spiro atoms. The highest BCUT2D eigenvalue weighted by molar-refractivity contribution is 5.88. The van der Waals surface area contributed by atoms with E-state index < -0.39 is 35.9 Å². The van der Waals surface area contributed by atoms with Crippen LogP contribution >= 0.6 is 12.4 Å². The third kappa shape index (κ3) is 4.96. The number of hydrogen-bond donors (Lipinski definition) is 2. The first-order chi connectivity index (χ1) is 12.8. The first-order valence-electron chi connectivity index (χ1n) is 9.39. The van der Waals surface area contributed by atoms with E-state index in [1.165, 1.54) is 23.1 Å². The number of halogens is 5. The molecule has 1 aromatic rings. The Morgan fingerprint density at radius 3 is 2.43 bits per heavy atom. The Balaban J connectivity index is 0.00000280. The molecule has 2 fully saturated rings. The number of piperazine rings is 1. The number of benzene rings is 1. The topological polar surface area (TPSA) is 44.4 Å². The van der Waals surface area contributed by atoms with Gasteiger partial charge in [-0.3, -0.25) is 9.69 Å². The molecule has 1 unspecified atom stereocenters. The zero-order valence-corrected chi connectivity index (χ0v) is 16.3. The van der Waals surface area contributed by atoms with Crippen molar-refractivity contribution in [3.8, 4) is 0 Å². The predicted octanol–water partition coefficient (Wildman–Crippen LogP) is 3.01. The summed E-state index contributed by atoms with van der Waals surface area (Å²) >= 11 is 0. The van der Waals surface area contributed by atoms with E-state index in [2.05, 4.69) is 10.6 Å². The minimum Gasteiger partial charge on any atom is -0.353 e. The van der Waals surface area contributed by atoms with Crippen molar-refractivity contribution in [3.63, 3.8) is 0 Å². The Morgan fingerprint density at radius 1 is 1.21 bits per heavy atom. The lowest BCUT2D eigenvalue weighted by atomic mass is 9.78. The number of rotatable bonds is 5. The molecule has 9 heteroatoms. The van der Waals surface area contributed by atoms with Crippen LogP contribution in [0.25, 0.3) is 0 Å². The SMILES string of the molecule is Cl.O=C(NCC(N1CCNCC1)C(F)(F)F)C1(c2cccc(F)c2)CCCC1. The summed E-state index contributed by atoms with van der Waals surface area (Å²) in [6, 6.07) is 4.13. The highest BCUT2D eigenvalue weighted by atomic mass is 35.5. The van der Waals surface area contributed by atoms with Gasteiger partial charge in [0.1, 0.15) is 11.9 Å². The van der Waals surface area contributed by atoms with Crippen LogP contribution in [-0.4, -0.2) is 55.7 Å². The van der Waals surface area contributed by atoms with Gasteiger partial charge < -0.3 is 10.6 Å². The molecule has 1 saturated carbocycles. The van der Waals surface area contributed by atoms with Crippen LogP contribution in [0, 0.1) is 5.82 Å². The fraction of sp³-hybridized carbons (Fsp3) is 0.632. The molecule has 1 saturated heterocycles. The van der Waals surface area contributed by atoms with E-state index in [4.69, 9.17) is 0 Å². The van der Waals surface area contributed by atoms with Gasteiger partial charge in [-0.15, -0.1) is 12.4 Å². The van der Waals surface area contributed by atoms with Gasteiger partial charge in [0.2, 0.25) is 5.91 Å². The maximum atomic E-state index is 13.7. The fourth-order valence-electron chi connectivity index (χ4n) is 4.22. The highest BCUT2D eigenvalue weighted by Gasteiger charge is 2.46. The molecule has 4 nitrogen and oxygen atoms in total. The first-order valence-corrected chi connectivity index (χ1v) is 9.39. The van der Waals surface area contributed by atoms with Crippen molar-refractivity contribution in [1.29, 1.82) is 0 Å². The first kappa shape index (κ1) is 22.9. The largest absolute Gasteiger partial charge is 0.405 e. The Kier molecular flexibility index (Phi) is 7.70. The van der Waals surface area contributed by atoms with E-state index in [1.54, 1.807) is 6.07 Å². The minimum absolute atomic E-state index is 0. The summed E-state index contributed by atoms with van der Waals surface area (Å²) in [5, 5.41) is 5.58. The van der Waals surface area contributed by atoms with Crippen molar-refractivity contribution < 1.29 is 22.4 Å². The average Bonchev–Trinajstić information content (AvgIpc) is 3.13. The number of amides is 1. The van der Waals surface area contributed by atoms with Gasteiger partial charge in [0, 0.05) is 32.7 Å². The second-order valence-corrected chi connectivity index (χ2v) is 7.35. The summed E-state index contributed by atoms with van der Waals surface area (Å²) in [7, 11) is 0. The van der Waals surface area contributed by atoms with Gasteiger partial charge in [-0.1, -0.05) is 25.0 Å². The van der Waals surface area contributed by atoms with Crippen LogP contribution in [0.3, 0.4) is 0 Å². The molecule has 28 heavy (non-hydrogen) atoms. The summed E-state index contributed by atoms with van der Waals surface area (Å²) < 4.78 is 54.3. The van der Waals surface area contributed by atoms with Gasteiger partial charge in [-0.05, 0) is 30.5 Å². The average molecular weight is 424 g/mol. The van der Waals surface area contributed by atoms with Crippen LogP contribution in [0.15, 0.2) is 24.3 Å². The fourth-order valence-corrected chi connectivity index (χ4v) is 4.22. The van der Waals surface area contributed by atoms with Gasteiger partial charge in [0.15, 0.2) is 0 Å². The molecule has 1 aliphatic carbocycles. The molecule has 3 rings (SSSR count). The number of nitrogens with one attached hydrogen (secondary N) is 2. The molecule has 0 bridgehead atoms. The Bertz CT molecular complexity index is 659. The minimum atomic E-state index is -4.42. The van der Waals surface area contributed by atoms with Crippen LogP contribution in [0.4, 0.5) is 17.6 Å². The van der Waals surface area contributed by atoms with Crippen LogP contribution in [0.2, 0.25) is 0 Å². The van der Waals surface area contributed by atoms with Gasteiger partial charge in [0.25, 0.3) is 0 Å². The molecule has 2 N–H and O–H groups in total. The van der Waals surface area contributed by atoms with Crippen molar-refractivity contribution in [3.05, 3.63) is 35.6 Å². The maximum Gasteiger partial charge on any atom is 0.405 e. The molecular formula is C19H26ClF4N3O. The quantitative estimate of drug-likeness (QED) is 0.716. The van der Waals surface area contributed by atoms with Gasteiger partial charge >= 0.3 is 6.18 Å². The van der Waals surface area contributed by atoms with E-state index in [-0.39, 0.29) is 25.5 Å². The number of hydrogen-bond acceptors (Lipinski definition) is 3. The van der Waals surface area contributed by atoms with Crippen molar-refractivity contribution in [2.45, 2.75) is 43.3 Å². The molecule has 158 valence electrons. The normalized spacial score (nSPS) is 21.0. The summed E-state index contributed by atoms with van der Waals surface area (Å²) in [5.41, 5.74) is -0.398. The van der Waals surface area contributed by atoms with E-state index in [0.717, 1.165) is 12.8 Å². The lowest BCUT2D eigenvalue weighted by Crippen LogP contribution is -2.58. The molecule has 0 aromatic heterocycles. The molecule has 0 radical (unpaired) electrons. The van der Waals surface area contributed by atoms with Crippen LogP contribution in [0.5, 0.6) is 0 Å². The zero-order valence-electron chi connectivity index (χ0n) is 15.5. The third-order valence-corrected chi connectivity index (χ3v) is 5.70.